The molecule has 30 heavy (non-hydrogen) atoms. The van der Waals surface area contributed by atoms with Gasteiger partial charge in [-0.3, -0.25) is 25.0 Å². The molecule has 0 bridgehead atoms. The first-order chi connectivity index (χ1) is 14.3. The number of hydrogen-bond donors (Lipinski definition) is 1. The molecule has 0 aliphatic heterocycles. The van der Waals surface area contributed by atoms with E-state index in [9.17, 15) is 25.0 Å². The van der Waals surface area contributed by atoms with Gasteiger partial charge >= 0.3 is 5.69 Å². The number of non-ortho nitro benzene ring substituents is 1. The van der Waals surface area contributed by atoms with Gasteiger partial charge in [-0.2, -0.15) is 5.10 Å². The highest BCUT2D eigenvalue weighted by Crippen LogP contribution is 2.40. The highest BCUT2D eigenvalue weighted by Gasteiger charge is 2.27. The summed E-state index contributed by atoms with van der Waals surface area (Å²) < 4.78 is 15.9. The van der Waals surface area contributed by atoms with E-state index in [1.54, 1.807) is 18.2 Å². The zero-order valence-corrected chi connectivity index (χ0v) is 17.2. The summed E-state index contributed by atoms with van der Waals surface area (Å²) in [5, 5.41) is 25.9. The zero-order valence-electron chi connectivity index (χ0n) is 15.7. The van der Waals surface area contributed by atoms with Gasteiger partial charge in [0.15, 0.2) is 12.4 Å². The first-order valence-corrected chi connectivity index (χ1v) is 8.85. The lowest BCUT2D eigenvalue weighted by molar-refractivity contribution is -0.394. The number of nitro benzene ring substituents is 2. The summed E-state index contributed by atoms with van der Waals surface area (Å²) in [6.07, 6.45) is 1.37. The van der Waals surface area contributed by atoms with Crippen LogP contribution in [-0.4, -0.2) is 42.8 Å². The number of rotatable bonds is 9. The van der Waals surface area contributed by atoms with Crippen molar-refractivity contribution in [2.45, 2.75) is 0 Å². The van der Waals surface area contributed by atoms with Gasteiger partial charge in [-0.05, 0) is 39.7 Å². The van der Waals surface area contributed by atoms with Gasteiger partial charge in [0.1, 0.15) is 5.75 Å². The molecule has 0 saturated carbocycles. The highest BCUT2D eigenvalue weighted by atomic mass is 79.9. The van der Waals surface area contributed by atoms with E-state index >= 15 is 0 Å². The predicted molar refractivity (Wildman–Crippen MR) is 108 cm³/mol. The number of methoxy groups -OCH3 is 2. The van der Waals surface area contributed by atoms with Crippen LogP contribution in [0.3, 0.4) is 0 Å². The summed E-state index contributed by atoms with van der Waals surface area (Å²) in [5.74, 6) is -0.752. The van der Waals surface area contributed by atoms with Crippen LogP contribution in [0.1, 0.15) is 5.56 Å². The van der Waals surface area contributed by atoms with Crippen LogP contribution in [0.5, 0.6) is 17.2 Å². The molecule has 13 heteroatoms. The van der Waals surface area contributed by atoms with Gasteiger partial charge in [0, 0.05) is 0 Å². The summed E-state index contributed by atoms with van der Waals surface area (Å²) in [4.78, 5) is 32.4. The van der Waals surface area contributed by atoms with Crippen LogP contribution in [0.2, 0.25) is 0 Å². The van der Waals surface area contributed by atoms with E-state index in [4.69, 9.17) is 14.2 Å². The fraction of sp³-hybridized carbons (Fsp3) is 0.176. The van der Waals surface area contributed by atoms with Gasteiger partial charge in [-0.15, -0.1) is 0 Å². The fourth-order valence-corrected chi connectivity index (χ4v) is 2.78. The summed E-state index contributed by atoms with van der Waals surface area (Å²) in [6.45, 7) is -0.640. The fourth-order valence-electron chi connectivity index (χ4n) is 2.22. The Morgan fingerprint density at radius 2 is 1.83 bits per heavy atom. The number of carbonyl (C=O) groups is 1. The number of hydrazone groups is 1. The van der Waals surface area contributed by atoms with Crippen LogP contribution in [0.15, 0.2) is 39.9 Å². The van der Waals surface area contributed by atoms with E-state index in [0.29, 0.717) is 15.8 Å². The molecule has 0 heterocycles. The summed E-state index contributed by atoms with van der Waals surface area (Å²) in [5.41, 5.74) is 1.61. The molecule has 1 amide bonds. The number of ether oxygens (including phenoxy) is 3. The minimum atomic E-state index is -0.873. The van der Waals surface area contributed by atoms with Gasteiger partial charge in [0.05, 0.1) is 46.9 Å². The molecule has 0 unspecified atom stereocenters. The Hall–Kier alpha value is -3.74. The normalized spacial score (nSPS) is 10.5. The molecule has 0 saturated heterocycles. The Morgan fingerprint density at radius 3 is 2.40 bits per heavy atom. The second-order valence-electron chi connectivity index (χ2n) is 5.49. The molecule has 0 atom stereocenters. The summed E-state index contributed by atoms with van der Waals surface area (Å²) >= 11 is 3.32. The summed E-state index contributed by atoms with van der Waals surface area (Å²) in [7, 11) is 2.69. The van der Waals surface area contributed by atoms with Gasteiger partial charge in [0.25, 0.3) is 11.6 Å². The SMILES string of the molecule is COc1ccc(C=NNC(=O)COc2c(OC)cc([N+](=O)[O-])cc2[N+](=O)[O-])cc1Br. The van der Waals surface area contributed by atoms with Crippen molar-refractivity contribution in [2.75, 3.05) is 20.8 Å². The van der Waals surface area contributed by atoms with Crippen molar-refractivity contribution in [3.63, 3.8) is 0 Å². The smallest absolute Gasteiger partial charge is 0.321 e. The first kappa shape index (κ1) is 22.5. The number of nitro groups is 2. The van der Waals surface area contributed by atoms with Crippen molar-refractivity contribution >= 4 is 39.4 Å². The van der Waals surface area contributed by atoms with E-state index in [2.05, 4.69) is 26.5 Å². The van der Waals surface area contributed by atoms with Crippen molar-refractivity contribution in [1.82, 2.24) is 5.43 Å². The largest absolute Gasteiger partial charge is 0.496 e. The van der Waals surface area contributed by atoms with Gasteiger partial charge in [-0.25, -0.2) is 5.43 Å². The quantitative estimate of drug-likeness (QED) is 0.324. The third-order valence-corrected chi connectivity index (χ3v) is 4.19. The molecular weight excluding hydrogens is 468 g/mol. The number of carbonyl (C=O) groups excluding carboxylic acids is 1. The lowest BCUT2D eigenvalue weighted by Crippen LogP contribution is -2.25. The average Bonchev–Trinajstić information content (AvgIpc) is 2.71. The lowest BCUT2D eigenvalue weighted by atomic mass is 10.2. The van der Waals surface area contributed by atoms with Crippen molar-refractivity contribution in [1.29, 1.82) is 0 Å². The molecule has 2 aromatic rings. The van der Waals surface area contributed by atoms with Crippen LogP contribution in [0.25, 0.3) is 0 Å². The highest BCUT2D eigenvalue weighted by molar-refractivity contribution is 9.10. The second kappa shape index (κ2) is 10.2. The standard InChI is InChI=1S/C17H15BrN4O8/c1-28-14-4-3-10(5-12(14)18)8-19-20-16(23)9-30-17-13(22(26)27)6-11(21(24)25)7-15(17)29-2/h3-8H,9H2,1-2H3,(H,20,23). The van der Waals surface area contributed by atoms with Gasteiger partial charge in [-0.1, -0.05) is 0 Å². The van der Waals surface area contributed by atoms with E-state index in [0.717, 1.165) is 19.2 Å². The molecule has 0 aliphatic rings. The Labute approximate surface area is 177 Å². The maximum atomic E-state index is 11.9. The van der Waals surface area contributed by atoms with Crippen LogP contribution in [0, 0.1) is 20.2 Å². The van der Waals surface area contributed by atoms with Crippen molar-refractivity contribution in [2.24, 2.45) is 5.10 Å². The Morgan fingerprint density at radius 1 is 1.13 bits per heavy atom. The minimum absolute atomic E-state index is 0.254. The number of amides is 1. The van der Waals surface area contributed by atoms with Crippen LogP contribution < -0.4 is 19.6 Å². The average molecular weight is 483 g/mol. The molecule has 0 aliphatic carbocycles. The van der Waals surface area contributed by atoms with Crippen molar-refractivity contribution < 1.29 is 28.9 Å². The first-order valence-electron chi connectivity index (χ1n) is 8.05. The zero-order chi connectivity index (χ0) is 22.3. The van der Waals surface area contributed by atoms with Gasteiger partial charge < -0.3 is 14.2 Å². The summed E-state index contributed by atoms with van der Waals surface area (Å²) in [6, 6.07) is 6.81. The number of hydrogen-bond acceptors (Lipinski definition) is 9. The van der Waals surface area contributed by atoms with Crippen LogP contribution in [-0.2, 0) is 4.79 Å². The Kier molecular flexibility index (Phi) is 7.63. The molecule has 0 aromatic heterocycles. The molecule has 2 aromatic carbocycles. The minimum Gasteiger partial charge on any atom is -0.496 e. The molecule has 2 rings (SSSR count). The molecule has 1 N–H and O–H groups in total. The third kappa shape index (κ3) is 5.64. The topological polar surface area (TPSA) is 155 Å². The number of nitrogens with one attached hydrogen (secondary N) is 1. The Bertz CT molecular complexity index is 1010. The number of benzene rings is 2. The van der Waals surface area contributed by atoms with E-state index in [-0.39, 0.29) is 5.75 Å². The van der Waals surface area contributed by atoms with Crippen LogP contribution in [0.4, 0.5) is 11.4 Å². The maximum Gasteiger partial charge on any atom is 0.321 e. The molecule has 12 nitrogen and oxygen atoms in total. The molecular formula is C17H15BrN4O8. The number of halogens is 1. The monoisotopic (exact) mass is 482 g/mol. The third-order valence-electron chi connectivity index (χ3n) is 3.57. The van der Waals surface area contributed by atoms with Crippen molar-refractivity contribution in [3.05, 3.63) is 60.6 Å². The van der Waals surface area contributed by atoms with Gasteiger partial charge in [0.2, 0.25) is 5.75 Å². The molecule has 0 fully saturated rings. The van der Waals surface area contributed by atoms with Crippen LogP contribution >= 0.6 is 15.9 Å². The predicted octanol–water partition coefficient (Wildman–Crippen LogP) is 2.81. The van der Waals surface area contributed by atoms with Crippen molar-refractivity contribution in [3.8, 4) is 17.2 Å². The van der Waals surface area contributed by atoms with E-state index < -0.39 is 39.5 Å². The van der Waals surface area contributed by atoms with E-state index in [1.807, 2.05) is 0 Å². The van der Waals surface area contributed by atoms with E-state index in [1.165, 1.54) is 13.3 Å². The molecule has 0 radical (unpaired) electrons. The maximum absolute atomic E-state index is 11.9. The lowest BCUT2D eigenvalue weighted by Gasteiger charge is -2.10. The second-order valence-corrected chi connectivity index (χ2v) is 6.34. The Balaban J connectivity index is 2.07. The number of nitrogens with zero attached hydrogens (tertiary/aromatic N) is 3. The molecule has 0 spiro atoms. The molecule has 158 valence electrons.